The van der Waals surface area contributed by atoms with Gasteiger partial charge < -0.3 is 0 Å². The van der Waals surface area contributed by atoms with Gasteiger partial charge in [-0.3, -0.25) is 15.0 Å². The first-order valence-corrected chi connectivity index (χ1v) is 7.02. The smallest absolute Gasteiger partial charge is 0.292 e. The molecule has 0 radical (unpaired) electrons. The predicted octanol–water partition coefficient (Wildman–Crippen LogP) is -0.597. The minimum absolute atomic E-state index is 0.0863. The zero-order valence-electron chi connectivity index (χ0n) is 10.1. The molecule has 9 heteroatoms. The van der Waals surface area contributed by atoms with Crippen LogP contribution in [0.4, 0.5) is 4.79 Å². The molecule has 1 aliphatic rings. The Balaban J connectivity index is 2.44. The Morgan fingerprint density at radius 2 is 2.05 bits per heavy atom. The van der Waals surface area contributed by atoms with E-state index >= 15 is 0 Å². The van der Waals surface area contributed by atoms with Gasteiger partial charge in [-0.25, -0.2) is 23.2 Å². The Hall–Kier alpha value is -2.29. The van der Waals surface area contributed by atoms with Gasteiger partial charge in [-0.05, 0) is 12.1 Å². The summed E-state index contributed by atoms with van der Waals surface area (Å²) in [5.74, 6) is -0.563. The second-order valence-electron chi connectivity index (χ2n) is 3.88. The number of rotatable bonds is 2. The first kappa shape index (κ1) is 13.1. The van der Waals surface area contributed by atoms with Crippen LogP contribution in [-0.4, -0.2) is 48.5 Å². The van der Waals surface area contributed by atoms with E-state index in [1.54, 1.807) is 0 Å². The number of carbonyl (C=O) groups excluding carboxylic acids is 2. The Bertz CT molecular complexity index is 695. The Morgan fingerprint density at radius 3 is 2.58 bits per heavy atom. The molecule has 1 N–H and O–H groups in total. The van der Waals surface area contributed by atoms with E-state index in [1.807, 2.05) is 0 Å². The lowest BCUT2D eigenvalue weighted by Crippen LogP contribution is -2.24. The third kappa shape index (κ3) is 2.60. The summed E-state index contributed by atoms with van der Waals surface area (Å²) in [7, 11) is -2.11. The molecular weight excluding hydrogens is 272 g/mol. The van der Waals surface area contributed by atoms with Gasteiger partial charge in [-0.1, -0.05) is 0 Å². The third-order valence-corrected chi connectivity index (χ3v) is 3.25. The fraction of sp³-hybridized carbons (Fsp3) is 0.200. The van der Waals surface area contributed by atoms with Gasteiger partial charge in [-0.2, -0.15) is 0 Å². The first-order valence-electron chi connectivity index (χ1n) is 5.13. The monoisotopic (exact) mass is 282 g/mol. The number of aromatic nitrogens is 2. The fourth-order valence-electron chi connectivity index (χ4n) is 1.42. The molecule has 1 aromatic heterocycles. The minimum Gasteiger partial charge on any atom is -0.292 e. The van der Waals surface area contributed by atoms with E-state index in [4.69, 9.17) is 0 Å². The maximum absolute atomic E-state index is 11.5. The summed E-state index contributed by atoms with van der Waals surface area (Å²) in [5, 5.41) is 1.76. The molecule has 19 heavy (non-hydrogen) atoms. The number of hydrogen-bond donors (Lipinski definition) is 1. The van der Waals surface area contributed by atoms with Crippen LogP contribution in [0.3, 0.4) is 0 Å². The molecular formula is C10H10N4O4S. The molecule has 0 bridgehead atoms. The van der Waals surface area contributed by atoms with Gasteiger partial charge in [0, 0.05) is 19.5 Å². The van der Waals surface area contributed by atoms with Crippen molar-refractivity contribution in [3.05, 3.63) is 23.7 Å². The van der Waals surface area contributed by atoms with E-state index in [0.717, 1.165) is 11.2 Å². The molecule has 1 aromatic rings. The van der Waals surface area contributed by atoms with Crippen LogP contribution in [0.2, 0.25) is 0 Å². The lowest BCUT2D eigenvalue weighted by Gasteiger charge is -2.06. The average Bonchev–Trinajstić information content (AvgIpc) is 2.55. The van der Waals surface area contributed by atoms with Crippen LogP contribution in [0.1, 0.15) is 5.69 Å². The van der Waals surface area contributed by atoms with Crippen LogP contribution >= 0.6 is 0 Å². The summed E-state index contributed by atoms with van der Waals surface area (Å²) < 4.78 is 22.6. The molecule has 0 aromatic carbocycles. The van der Waals surface area contributed by atoms with Gasteiger partial charge in [0.25, 0.3) is 5.91 Å². The molecule has 3 amide bonds. The van der Waals surface area contributed by atoms with Gasteiger partial charge in [0.1, 0.15) is 5.70 Å². The number of nitrogens with one attached hydrogen (secondary N) is 1. The molecule has 0 spiro atoms. The lowest BCUT2D eigenvalue weighted by molar-refractivity contribution is -0.115. The largest absolute Gasteiger partial charge is 0.328 e. The van der Waals surface area contributed by atoms with E-state index in [1.165, 1.54) is 25.4 Å². The normalized spacial score (nSPS) is 18.0. The van der Waals surface area contributed by atoms with E-state index in [-0.39, 0.29) is 16.5 Å². The van der Waals surface area contributed by atoms with Crippen molar-refractivity contribution in [2.45, 2.75) is 5.16 Å². The molecule has 1 fully saturated rings. The van der Waals surface area contributed by atoms with Gasteiger partial charge in [0.15, 0.2) is 0 Å². The number of hydrogen-bond acceptors (Lipinski definition) is 6. The Kier molecular flexibility index (Phi) is 3.06. The Labute approximate surface area is 109 Å². The van der Waals surface area contributed by atoms with E-state index in [2.05, 4.69) is 15.3 Å². The highest BCUT2D eigenvalue weighted by molar-refractivity contribution is 7.90. The topological polar surface area (TPSA) is 109 Å². The van der Waals surface area contributed by atoms with Crippen molar-refractivity contribution < 1.29 is 18.0 Å². The molecule has 1 aliphatic heterocycles. The molecule has 8 nitrogen and oxygen atoms in total. The van der Waals surface area contributed by atoms with Crippen molar-refractivity contribution in [1.82, 2.24) is 20.2 Å². The van der Waals surface area contributed by atoms with E-state index in [9.17, 15) is 18.0 Å². The fourth-order valence-corrected chi connectivity index (χ4v) is 1.95. The summed E-state index contributed by atoms with van der Waals surface area (Å²) in [6, 6.07) is 0.889. The second kappa shape index (κ2) is 4.43. The molecule has 0 atom stereocenters. The number of nitrogens with zero attached hydrogens (tertiary/aromatic N) is 3. The van der Waals surface area contributed by atoms with Crippen molar-refractivity contribution in [1.29, 1.82) is 0 Å². The summed E-state index contributed by atoms with van der Waals surface area (Å²) in [6.07, 6.45) is 3.57. The number of imide groups is 1. The molecule has 0 unspecified atom stereocenters. The van der Waals surface area contributed by atoms with Crippen LogP contribution in [0, 0.1) is 0 Å². The summed E-state index contributed by atoms with van der Waals surface area (Å²) in [6.45, 7) is 0. The first-order chi connectivity index (χ1) is 8.79. The number of urea groups is 1. The molecule has 2 rings (SSSR count). The number of amides is 3. The third-order valence-electron chi connectivity index (χ3n) is 2.39. The Morgan fingerprint density at radius 1 is 1.37 bits per heavy atom. The highest BCUT2D eigenvalue weighted by Crippen LogP contribution is 2.14. The van der Waals surface area contributed by atoms with Crippen molar-refractivity contribution >= 4 is 27.9 Å². The maximum atomic E-state index is 11.5. The second-order valence-corrected chi connectivity index (χ2v) is 5.79. The highest BCUT2D eigenvalue weighted by atomic mass is 32.2. The molecule has 1 saturated heterocycles. The standard InChI is InChI=1S/C10H10N4O4S/c1-14-7(8(15)13-10(14)16)5-6-3-4-11-9(12-6)19(2,17)18/h3-5H,1-2H3,(H,13,15,16)/b7-5+. The van der Waals surface area contributed by atoms with Crippen molar-refractivity contribution in [3.8, 4) is 0 Å². The number of sulfone groups is 1. The van der Waals surface area contributed by atoms with Crippen LogP contribution < -0.4 is 5.32 Å². The summed E-state index contributed by atoms with van der Waals surface area (Å²) in [4.78, 5) is 31.3. The van der Waals surface area contributed by atoms with Crippen LogP contribution in [0.15, 0.2) is 23.1 Å². The zero-order chi connectivity index (χ0) is 14.2. The predicted molar refractivity (Wildman–Crippen MR) is 64.4 cm³/mol. The van der Waals surface area contributed by atoms with E-state index in [0.29, 0.717) is 0 Å². The van der Waals surface area contributed by atoms with Gasteiger partial charge in [0.05, 0.1) is 5.69 Å². The molecule has 0 saturated carbocycles. The quantitative estimate of drug-likeness (QED) is 0.441. The SMILES string of the molecule is CN1C(=O)NC(=O)/C1=C\c1ccnc(S(C)(=O)=O)n1. The van der Waals surface area contributed by atoms with Crippen molar-refractivity contribution in [2.24, 2.45) is 0 Å². The zero-order valence-corrected chi connectivity index (χ0v) is 10.9. The van der Waals surface area contributed by atoms with Gasteiger partial charge in [0.2, 0.25) is 15.0 Å². The molecule has 0 aliphatic carbocycles. The van der Waals surface area contributed by atoms with Crippen LogP contribution in [0.25, 0.3) is 6.08 Å². The summed E-state index contributed by atoms with van der Waals surface area (Å²) in [5.41, 5.74) is 0.310. The maximum Gasteiger partial charge on any atom is 0.328 e. The number of carbonyl (C=O) groups is 2. The molecule has 2 heterocycles. The van der Waals surface area contributed by atoms with Gasteiger partial charge in [-0.15, -0.1) is 0 Å². The number of likely N-dealkylation sites (N-methyl/N-ethyl adjacent to an activating group) is 1. The summed E-state index contributed by atoms with van der Waals surface area (Å²) >= 11 is 0. The average molecular weight is 282 g/mol. The van der Waals surface area contributed by atoms with E-state index < -0.39 is 21.8 Å². The minimum atomic E-state index is -3.53. The highest BCUT2D eigenvalue weighted by Gasteiger charge is 2.29. The van der Waals surface area contributed by atoms with Gasteiger partial charge >= 0.3 is 6.03 Å². The van der Waals surface area contributed by atoms with Crippen molar-refractivity contribution in [3.63, 3.8) is 0 Å². The lowest BCUT2D eigenvalue weighted by atomic mass is 10.3. The van der Waals surface area contributed by atoms with Crippen molar-refractivity contribution in [2.75, 3.05) is 13.3 Å². The van der Waals surface area contributed by atoms with Crippen LogP contribution in [0.5, 0.6) is 0 Å². The van der Waals surface area contributed by atoms with Crippen LogP contribution in [-0.2, 0) is 14.6 Å². The molecule has 100 valence electrons.